The Morgan fingerprint density at radius 3 is 1.86 bits per heavy atom. The van der Waals surface area contributed by atoms with E-state index in [-0.39, 0.29) is 13.2 Å². The van der Waals surface area contributed by atoms with Gasteiger partial charge >= 0.3 is 0 Å². The lowest BCUT2D eigenvalue weighted by molar-refractivity contribution is -0.131. The lowest BCUT2D eigenvalue weighted by atomic mass is 10.0. The van der Waals surface area contributed by atoms with Crippen molar-refractivity contribution in [3.8, 4) is 11.5 Å². The summed E-state index contributed by atoms with van der Waals surface area (Å²) in [5.74, 6) is 0.531. The van der Waals surface area contributed by atoms with E-state index in [0.29, 0.717) is 17.4 Å². The second-order valence-electron chi connectivity index (χ2n) is 6.45. The van der Waals surface area contributed by atoms with Crippen LogP contribution in [0, 0.1) is 6.92 Å². The predicted molar refractivity (Wildman–Crippen MR) is 114 cm³/mol. The molecule has 2 aromatic rings. The van der Waals surface area contributed by atoms with E-state index in [2.05, 4.69) is 56.6 Å². The highest BCUT2D eigenvalue weighted by Crippen LogP contribution is 2.29. The van der Waals surface area contributed by atoms with Gasteiger partial charge in [-0.05, 0) is 80.1 Å². The number of rotatable bonds is 7. The maximum absolute atomic E-state index is 11.9. The Morgan fingerprint density at radius 2 is 1.39 bits per heavy atom. The Hall–Kier alpha value is -2.06. The van der Waals surface area contributed by atoms with E-state index in [9.17, 15) is 9.59 Å². The first kappa shape index (κ1) is 22.2. The lowest BCUT2D eigenvalue weighted by Crippen LogP contribution is -2.45. The van der Waals surface area contributed by atoms with E-state index < -0.39 is 11.8 Å². The number of hydrazine groups is 1. The van der Waals surface area contributed by atoms with Crippen molar-refractivity contribution in [3.05, 3.63) is 56.5 Å². The zero-order valence-electron chi connectivity index (χ0n) is 15.8. The van der Waals surface area contributed by atoms with Gasteiger partial charge in [-0.3, -0.25) is 20.4 Å². The summed E-state index contributed by atoms with van der Waals surface area (Å²) in [5.41, 5.74) is 6.81. The molecule has 0 aliphatic heterocycles. The Bertz CT molecular complexity index is 856. The van der Waals surface area contributed by atoms with Crippen molar-refractivity contribution in [1.29, 1.82) is 0 Å². The molecule has 8 heteroatoms. The van der Waals surface area contributed by atoms with Gasteiger partial charge in [-0.2, -0.15) is 0 Å². The first-order chi connectivity index (χ1) is 13.3. The van der Waals surface area contributed by atoms with Crippen molar-refractivity contribution in [2.24, 2.45) is 0 Å². The Morgan fingerprint density at radius 1 is 0.893 bits per heavy atom. The smallest absolute Gasteiger partial charge is 0.276 e. The summed E-state index contributed by atoms with van der Waals surface area (Å²) in [6.07, 6.45) is 0. The SMILES string of the molecule is Cc1ccc(OCC(=O)NNC(=O)COc2ccc(C(C)C)cc2Br)c(Br)c1. The third-order valence-electron chi connectivity index (χ3n) is 3.77. The van der Waals surface area contributed by atoms with Gasteiger partial charge in [-0.1, -0.05) is 26.0 Å². The van der Waals surface area contributed by atoms with Crippen molar-refractivity contribution >= 4 is 43.7 Å². The molecule has 2 amide bonds. The highest BCUT2D eigenvalue weighted by molar-refractivity contribution is 9.10. The number of benzene rings is 2. The number of carbonyl (C=O) groups excluding carboxylic acids is 2. The van der Waals surface area contributed by atoms with Gasteiger partial charge in [0.05, 0.1) is 8.95 Å². The first-order valence-electron chi connectivity index (χ1n) is 8.65. The van der Waals surface area contributed by atoms with Gasteiger partial charge in [0.1, 0.15) is 11.5 Å². The molecular weight excluding hydrogens is 492 g/mol. The van der Waals surface area contributed by atoms with E-state index in [4.69, 9.17) is 9.47 Å². The summed E-state index contributed by atoms with van der Waals surface area (Å²) >= 11 is 6.81. The quantitative estimate of drug-likeness (QED) is 0.542. The summed E-state index contributed by atoms with van der Waals surface area (Å²) in [7, 11) is 0. The molecule has 0 fully saturated rings. The van der Waals surface area contributed by atoms with Crippen LogP contribution in [0.3, 0.4) is 0 Å². The summed E-state index contributed by atoms with van der Waals surface area (Å²) < 4.78 is 12.4. The van der Waals surface area contributed by atoms with Gasteiger partial charge in [-0.15, -0.1) is 0 Å². The van der Waals surface area contributed by atoms with E-state index in [1.165, 1.54) is 0 Å². The minimum atomic E-state index is -0.483. The Labute approximate surface area is 181 Å². The number of carbonyl (C=O) groups is 2. The van der Waals surface area contributed by atoms with Crippen molar-refractivity contribution in [3.63, 3.8) is 0 Å². The molecule has 0 unspecified atom stereocenters. The molecule has 0 spiro atoms. The fourth-order valence-electron chi connectivity index (χ4n) is 2.21. The van der Waals surface area contributed by atoms with Gasteiger partial charge < -0.3 is 9.47 Å². The number of hydrogen-bond donors (Lipinski definition) is 2. The predicted octanol–water partition coefficient (Wildman–Crippen LogP) is 4.25. The van der Waals surface area contributed by atoms with Crippen LogP contribution in [0.15, 0.2) is 45.3 Å². The molecule has 2 N–H and O–H groups in total. The molecular formula is C20H22Br2N2O4. The maximum atomic E-state index is 11.9. The van der Waals surface area contributed by atoms with Crippen LogP contribution in [0.1, 0.15) is 30.9 Å². The van der Waals surface area contributed by atoms with Crippen LogP contribution >= 0.6 is 31.9 Å². The second kappa shape index (κ2) is 10.5. The Balaban J connectivity index is 1.74. The fraction of sp³-hybridized carbons (Fsp3) is 0.300. The Kier molecular flexibility index (Phi) is 8.32. The van der Waals surface area contributed by atoms with Crippen LogP contribution in [0.5, 0.6) is 11.5 Å². The van der Waals surface area contributed by atoms with Crippen LogP contribution in [0.2, 0.25) is 0 Å². The molecule has 2 rings (SSSR count). The molecule has 28 heavy (non-hydrogen) atoms. The van der Waals surface area contributed by atoms with Crippen LogP contribution in [-0.2, 0) is 9.59 Å². The van der Waals surface area contributed by atoms with Crippen molar-refractivity contribution in [2.45, 2.75) is 26.7 Å². The topological polar surface area (TPSA) is 76.7 Å². The maximum Gasteiger partial charge on any atom is 0.276 e. The second-order valence-corrected chi connectivity index (χ2v) is 8.16. The first-order valence-corrected chi connectivity index (χ1v) is 10.2. The fourth-order valence-corrected chi connectivity index (χ4v) is 3.33. The van der Waals surface area contributed by atoms with E-state index in [1.807, 2.05) is 31.2 Å². The molecule has 150 valence electrons. The molecule has 0 aromatic heterocycles. The summed E-state index contributed by atoms with van der Waals surface area (Å²) in [5, 5.41) is 0. The molecule has 0 aliphatic carbocycles. The summed E-state index contributed by atoms with van der Waals surface area (Å²) in [4.78, 5) is 23.7. The highest BCUT2D eigenvalue weighted by atomic mass is 79.9. The number of nitrogens with one attached hydrogen (secondary N) is 2. The molecule has 0 aliphatic rings. The van der Waals surface area contributed by atoms with Crippen molar-refractivity contribution < 1.29 is 19.1 Å². The van der Waals surface area contributed by atoms with Gasteiger partial charge in [0.25, 0.3) is 11.8 Å². The molecule has 0 bridgehead atoms. The average molecular weight is 514 g/mol. The van der Waals surface area contributed by atoms with Crippen LogP contribution in [0.4, 0.5) is 0 Å². The van der Waals surface area contributed by atoms with Gasteiger partial charge in [0.15, 0.2) is 13.2 Å². The minimum Gasteiger partial charge on any atom is -0.483 e. The van der Waals surface area contributed by atoms with E-state index in [0.717, 1.165) is 20.1 Å². The van der Waals surface area contributed by atoms with Crippen molar-refractivity contribution in [1.82, 2.24) is 10.9 Å². The van der Waals surface area contributed by atoms with E-state index >= 15 is 0 Å². The highest BCUT2D eigenvalue weighted by Gasteiger charge is 2.10. The summed E-state index contributed by atoms with van der Waals surface area (Å²) in [6, 6.07) is 11.2. The molecule has 0 heterocycles. The largest absolute Gasteiger partial charge is 0.483 e. The number of halogens is 2. The molecule has 0 saturated carbocycles. The van der Waals surface area contributed by atoms with Crippen LogP contribution in [-0.4, -0.2) is 25.0 Å². The minimum absolute atomic E-state index is 0.231. The van der Waals surface area contributed by atoms with Crippen LogP contribution in [0.25, 0.3) is 0 Å². The van der Waals surface area contributed by atoms with Gasteiger partial charge in [-0.25, -0.2) is 0 Å². The number of ether oxygens (including phenoxy) is 2. The average Bonchev–Trinajstić information content (AvgIpc) is 2.64. The molecule has 6 nitrogen and oxygen atoms in total. The summed E-state index contributed by atoms with van der Waals surface area (Å²) in [6.45, 7) is 5.69. The monoisotopic (exact) mass is 512 g/mol. The van der Waals surface area contributed by atoms with Crippen LogP contribution < -0.4 is 20.3 Å². The zero-order valence-corrected chi connectivity index (χ0v) is 19.0. The number of aryl methyl sites for hydroxylation is 1. The number of hydrogen-bond acceptors (Lipinski definition) is 4. The van der Waals surface area contributed by atoms with E-state index in [1.54, 1.807) is 12.1 Å². The van der Waals surface area contributed by atoms with Gasteiger partial charge in [0.2, 0.25) is 0 Å². The van der Waals surface area contributed by atoms with Crippen molar-refractivity contribution in [2.75, 3.05) is 13.2 Å². The lowest BCUT2D eigenvalue weighted by Gasteiger charge is -2.12. The zero-order chi connectivity index (χ0) is 20.7. The normalized spacial score (nSPS) is 10.5. The third-order valence-corrected chi connectivity index (χ3v) is 5.01. The molecule has 0 atom stereocenters. The standard InChI is InChI=1S/C20H22Br2N2O4/c1-12(2)14-5-7-18(16(22)9-14)28-11-20(26)24-23-19(25)10-27-17-6-4-13(3)8-15(17)21/h4-9,12H,10-11H2,1-3H3,(H,23,25)(H,24,26). The molecule has 2 aromatic carbocycles. The number of amides is 2. The molecule has 0 saturated heterocycles. The van der Waals surface area contributed by atoms with Gasteiger partial charge in [0, 0.05) is 0 Å². The third kappa shape index (κ3) is 6.83. The molecule has 0 radical (unpaired) electrons.